The SMILES string of the molecule is Cc1ccc(N/N=C2/C[C@H]3C=CC[C@@H]23)cc1Cl. The molecule has 1 aromatic rings. The number of nitrogens with zero attached hydrogens (tertiary/aromatic N) is 1. The van der Waals surface area contributed by atoms with E-state index in [2.05, 4.69) is 22.7 Å². The van der Waals surface area contributed by atoms with E-state index in [0.29, 0.717) is 5.92 Å². The first-order valence-electron chi connectivity index (χ1n) is 5.99. The van der Waals surface area contributed by atoms with Gasteiger partial charge in [-0.25, -0.2) is 0 Å². The van der Waals surface area contributed by atoms with Gasteiger partial charge in [0.25, 0.3) is 0 Å². The number of nitrogens with one attached hydrogen (secondary N) is 1. The molecule has 0 amide bonds. The Kier molecular flexibility index (Phi) is 2.67. The summed E-state index contributed by atoms with van der Waals surface area (Å²) in [7, 11) is 0. The van der Waals surface area contributed by atoms with Gasteiger partial charge in [0.2, 0.25) is 0 Å². The van der Waals surface area contributed by atoms with Gasteiger partial charge in [0.1, 0.15) is 0 Å². The van der Waals surface area contributed by atoms with E-state index in [0.717, 1.165) is 35.0 Å². The van der Waals surface area contributed by atoms with Gasteiger partial charge in [-0.3, -0.25) is 5.43 Å². The summed E-state index contributed by atoms with van der Waals surface area (Å²) in [4.78, 5) is 0. The number of anilines is 1. The van der Waals surface area contributed by atoms with E-state index in [-0.39, 0.29) is 0 Å². The molecule has 1 N–H and O–H groups in total. The minimum Gasteiger partial charge on any atom is -0.279 e. The average molecular weight is 247 g/mol. The van der Waals surface area contributed by atoms with Crippen molar-refractivity contribution in [1.29, 1.82) is 0 Å². The Bertz CT molecular complexity index is 505. The number of allylic oxidation sites excluding steroid dienone is 2. The van der Waals surface area contributed by atoms with Crippen LogP contribution in [0.5, 0.6) is 0 Å². The zero-order valence-corrected chi connectivity index (χ0v) is 10.5. The van der Waals surface area contributed by atoms with Crippen LogP contribution in [0.2, 0.25) is 5.02 Å². The van der Waals surface area contributed by atoms with Crippen LogP contribution in [0.4, 0.5) is 5.69 Å². The molecule has 17 heavy (non-hydrogen) atoms. The molecular weight excluding hydrogens is 232 g/mol. The Balaban J connectivity index is 1.68. The molecule has 0 aromatic heterocycles. The summed E-state index contributed by atoms with van der Waals surface area (Å²) in [5.74, 6) is 1.40. The van der Waals surface area contributed by atoms with Crippen molar-refractivity contribution in [3.8, 4) is 0 Å². The Morgan fingerprint density at radius 1 is 1.41 bits per heavy atom. The quantitative estimate of drug-likeness (QED) is 0.619. The number of aryl methyl sites for hydroxylation is 1. The van der Waals surface area contributed by atoms with Gasteiger partial charge in [0.15, 0.2) is 0 Å². The molecule has 1 aromatic carbocycles. The van der Waals surface area contributed by atoms with Crippen LogP contribution >= 0.6 is 11.6 Å². The van der Waals surface area contributed by atoms with Crippen LogP contribution in [-0.2, 0) is 0 Å². The number of hydrogen-bond donors (Lipinski definition) is 1. The highest BCUT2D eigenvalue weighted by Crippen LogP contribution is 2.40. The minimum atomic E-state index is 0.656. The van der Waals surface area contributed by atoms with Crippen LogP contribution in [0, 0.1) is 18.8 Å². The molecule has 88 valence electrons. The molecule has 3 heteroatoms. The van der Waals surface area contributed by atoms with Crippen molar-refractivity contribution in [2.75, 3.05) is 5.43 Å². The molecule has 2 atom stereocenters. The fourth-order valence-electron chi connectivity index (χ4n) is 2.46. The number of hydrazone groups is 1. The van der Waals surface area contributed by atoms with Crippen molar-refractivity contribution in [2.45, 2.75) is 19.8 Å². The van der Waals surface area contributed by atoms with Crippen molar-refractivity contribution < 1.29 is 0 Å². The van der Waals surface area contributed by atoms with Crippen molar-refractivity contribution in [3.63, 3.8) is 0 Å². The van der Waals surface area contributed by atoms with Gasteiger partial charge in [-0.1, -0.05) is 29.8 Å². The maximum Gasteiger partial charge on any atom is 0.0576 e. The average Bonchev–Trinajstić information content (AvgIpc) is 2.66. The summed E-state index contributed by atoms with van der Waals surface area (Å²) >= 11 is 6.07. The molecule has 2 aliphatic carbocycles. The topological polar surface area (TPSA) is 24.4 Å². The monoisotopic (exact) mass is 246 g/mol. The second-order valence-electron chi connectivity index (χ2n) is 4.82. The van der Waals surface area contributed by atoms with Crippen LogP contribution in [0.1, 0.15) is 18.4 Å². The molecule has 2 aliphatic rings. The zero-order chi connectivity index (χ0) is 11.8. The molecule has 0 unspecified atom stereocenters. The van der Waals surface area contributed by atoms with Crippen LogP contribution < -0.4 is 5.43 Å². The first-order chi connectivity index (χ1) is 8.24. The van der Waals surface area contributed by atoms with E-state index >= 15 is 0 Å². The zero-order valence-electron chi connectivity index (χ0n) is 9.78. The molecule has 1 saturated carbocycles. The van der Waals surface area contributed by atoms with E-state index in [1.807, 2.05) is 25.1 Å². The fourth-order valence-corrected chi connectivity index (χ4v) is 2.64. The lowest BCUT2D eigenvalue weighted by Gasteiger charge is -2.31. The molecule has 3 rings (SSSR count). The highest BCUT2D eigenvalue weighted by molar-refractivity contribution is 6.31. The second-order valence-corrected chi connectivity index (χ2v) is 5.22. The number of benzene rings is 1. The van der Waals surface area contributed by atoms with E-state index in [4.69, 9.17) is 11.6 Å². The Morgan fingerprint density at radius 2 is 2.29 bits per heavy atom. The van der Waals surface area contributed by atoms with Crippen LogP contribution in [0.3, 0.4) is 0 Å². The maximum atomic E-state index is 6.07. The summed E-state index contributed by atoms with van der Waals surface area (Å²) < 4.78 is 0. The highest BCUT2D eigenvalue weighted by atomic mass is 35.5. The van der Waals surface area contributed by atoms with Gasteiger partial charge >= 0.3 is 0 Å². The predicted molar refractivity (Wildman–Crippen MR) is 72.6 cm³/mol. The molecule has 0 spiro atoms. The fraction of sp³-hybridized carbons (Fsp3) is 0.357. The minimum absolute atomic E-state index is 0.656. The highest BCUT2D eigenvalue weighted by Gasteiger charge is 2.37. The van der Waals surface area contributed by atoms with E-state index in [1.165, 1.54) is 5.71 Å². The lowest BCUT2D eigenvalue weighted by atomic mass is 9.74. The Hall–Kier alpha value is -1.28. The standard InChI is InChI=1S/C14H15ClN2/c1-9-5-6-11(8-13(9)15)16-17-14-7-10-3-2-4-12(10)14/h2-3,5-6,8,10,12,16H,4,7H2,1H3/b17-14-/t10-,12-/m1/s1. The lowest BCUT2D eigenvalue weighted by molar-refractivity contribution is 0.466. The van der Waals surface area contributed by atoms with Crippen molar-refractivity contribution in [3.05, 3.63) is 40.9 Å². The predicted octanol–water partition coefficient (Wildman–Crippen LogP) is 4.01. The van der Waals surface area contributed by atoms with Gasteiger partial charge in [0.05, 0.1) is 5.69 Å². The summed E-state index contributed by atoms with van der Waals surface area (Å²) in [5, 5.41) is 5.26. The van der Waals surface area contributed by atoms with Crippen molar-refractivity contribution >= 4 is 23.0 Å². The molecule has 0 bridgehead atoms. The smallest absolute Gasteiger partial charge is 0.0576 e. The van der Waals surface area contributed by atoms with E-state index in [9.17, 15) is 0 Å². The third-order valence-electron chi connectivity index (χ3n) is 3.66. The van der Waals surface area contributed by atoms with Crippen LogP contribution in [0.15, 0.2) is 35.5 Å². The Labute approximate surface area is 106 Å². The molecule has 1 fully saturated rings. The third kappa shape index (κ3) is 1.98. The summed E-state index contributed by atoms with van der Waals surface area (Å²) in [6.07, 6.45) is 6.83. The number of halogens is 1. The Morgan fingerprint density at radius 3 is 3.06 bits per heavy atom. The van der Waals surface area contributed by atoms with Gasteiger partial charge < -0.3 is 0 Å². The van der Waals surface area contributed by atoms with Crippen LogP contribution in [-0.4, -0.2) is 5.71 Å². The van der Waals surface area contributed by atoms with Gasteiger partial charge in [-0.2, -0.15) is 5.10 Å². The first-order valence-corrected chi connectivity index (χ1v) is 6.37. The molecule has 0 heterocycles. The van der Waals surface area contributed by atoms with E-state index in [1.54, 1.807) is 0 Å². The summed E-state index contributed by atoms with van der Waals surface area (Å²) in [6.45, 7) is 2.00. The normalized spacial score (nSPS) is 28.0. The van der Waals surface area contributed by atoms with Crippen LogP contribution in [0.25, 0.3) is 0 Å². The van der Waals surface area contributed by atoms with Gasteiger partial charge in [-0.05, 0) is 43.4 Å². The number of rotatable bonds is 2. The third-order valence-corrected chi connectivity index (χ3v) is 4.07. The number of fused-ring (bicyclic) bond motifs is 1. The van der Waals surface area contributed by atoms with Crippen molar-refractivity contribution in [2.24, 2.45) is 16.9 Å². The largest absolute Gasteiger partial charge is 0.279 e. The second kappa shape index (κ2) is 4.19. The lowest BCUT2D eigenvalue weighted by Crippen LogP contribution is -2.33. The summed E-state index contributed by atoms with van der Waals surface area (Å²) in [6, 6.07) is 5.93. The first kappa shape index (κ1) is 10.8. The molecule has 0 aliphatic heterocycles. The molecule has 0 saturated heterocycles. The van der Waals surface area contributed by atoms with Gasteiger partial charge in [-0.15, -0.1) is 0 Å². The number of hydrogen-bond acceptors (Lipinski definition) is 2. The van der Waals surface area contributed by atoms with Crippen molar-refractivity contribution in [1.82, 2.24) is 0 Å². The van der Waals surface area contributed by atoms with E-state index < -0.39 is 0 Å². The molecule has 2 nitrogen and oxygen atoms in total. The van der Waals surface area contributed by atoms with Gasteiger partial charge in [0, 0.05) is 16.7 Å². The molecular formula is C14H15ClN2. The maximum absolute atomic E-state index is 6.07. The summed E-state index contributed by atoms with van der Waals surface area (Å²) in [5.41, 5.74) is 6.44. The molecule has 0 radical (unpaired) electrons.